The lowest BCUT2D eigenvalue weighted by Crippen LogP contribution is -2.47. The van der Waals surface area contributed by atoms with E-state index in [1.165, 1.54) is 0 Å². The number of halogens is 2. The van der Waals surface area contributed by atoms with Gasteiger partial charge in [0.05, 0.1) is 12.0 Å². The summed E-state index contributed by atoms with van der Waals surface area (Å²) in [6.45, 7) is 3.54. The van der Waals surface area contributed by atoms with Crippen molar-refractivity contribution < 1.29 is 13.6 Å². The molecule has 0 aromatic rings. The fourth-order valence-corrected chi connectivity index (χ4v) is 1.96. The molecule has 0 aromatic carbocycles. The highest BCUT2D eigenvalue weighted by atomic mass is 19.3. The highest BCUT2D eigenvalue weighted by molar-refractivity contribution is 5.82. The van der Waals surface area contributed by atoms with Gasteiger partial charge in [0, 0.05) is 6.54 Å². The number of carbonyl (C=O) groups excluding carboxylic acids is 1. The maximum atomic E-state index is 12.0. The third-order valence-electron chi connectivity index (χ3n) is 2.75. The van der Waals surface area contributed by atoms with Gasteiger partial charge in [0.2, 0.25) is 5.91 Å². The molecule has 0 saturated heterocycles. The first kappa shape index (κ1) is 15.3. The molecule has 0 fully saturated rings. The Labute approximate surface area is 95.8 Å². The molecule has 0 aromatic heterocycles. The molecule has 0 bridgehead atoms. The zero-order valence-electron chi connectivity index (χ0n) is 10.1. The van der Waals surface area contributed by atoms with Gasteiger partial charge in [-0.2, -0.15) is 0 Å². The number of nitrogens with one attached hydrogen (secondary N) is 1. The Morgan fingerprint density at radius 3 is 2.12 bits per heavy atom. The molecule has 16 heavy (non-hydrogen) atoms. The van der Waals surface area contributed by atoms with E-state index in [9.17, 15) is 13.6 Å². The minimum Gasteiger partial charge on any atom is -0.350 e. The molecule has 0 spiro atoms. The van der Waals surface area contributed by atoms with Crippen LogP contribution >= 0.6 is 0 Å². The summed E-state index contributed by atoms with van der Waals surface area (Å²) in [7, 11) is 0. The highest BCUT2D eigenvalue weighted by Gasteiger charge is 2.35. The predicted octanol–water partition coefficient (Wildman–Crippen LogP) is 1.91. The van der Waals surface area contributed by atoms with Crippen LogP contribution in [0, 0.1) is 5.41 Å². The molecular formula is C11H22F2N2O. The highest BCUT2D eigenvalue weighted by Crippen LogP contribution is 2.29. The Balaban J connectivity index is 4.52. The average molecular weight is 236 g/mol. The summed E-state index contributed by atoms with van der Waals surface area (Å²) in [6, 6.07) is 0. The number of amides is 1. The van der Waals surface area contributed by atoms with E-state index in [-0.39, 0.29) is 12.5 Å². The van der Waals surface area contributed by atoms with Crippen molar-refractivity contribution in [3.63, 3.8) is 0 Å². The number of alkyl halides is 2. The van der Waals surface area contributed by atoms with Crippen molar-refractivity contribution in [1.29, 1.82) is 0 Å². The standard InChI is InChI=1S/C11H22F2N2O/c1-3-5-11(8-14,6-4-2)10(16)15-7-9(12)13/h9H,3-8,14H2,1-2H3,(H,15,16). The van der Waals surface area contributed by atoms with Crippen LogP contribution in [-0.2, 0) is 4.79 Å². The van der Waals surface area contributed by atoms with Gasteiger partial charge in [0.15, 0.2) is 0 Å². The fraction of sp³-hybridized carbons (Fsp3) is 0.909. The number of carbonyl (C=O) groups is 1. The number of hydrogen-bond donors (Lipinski definition) is 2. The van der Waals surface area contributed by atoms with E-state index in [4.69, 9.17) is 5.73 Å². The van der Waals surface area contributed by atoms with Gasteiger partial charge in [0.25, 0.3) is 6.43 Å². The summed E-state index contributed by atoms with van der Waals surface area (Å²) in [5, 5.41) is 2.27. The van der Waals surface area contributed by atoms with Crippen LogP contribution in [0.15, 0.2) is 0 Å². The smallest absolute Gasteiger partial charge is 0.255 e. The predicted molar refractivity (Wildman–Crippen MR) is 60.3 cm³/mol. The van der Waals surface area contributed by atoms with E-state index in [0.717, 1.165) is 12.8 Å². The third kappa shape index (κ3) is 4.43. The van der Waals surface area contributed by atoms with Crippen molar-refractivity contribution in [3.05, 3.63) is 0 Å². The quantitative estimate of drug-likeness (QED) is 0.676. The number of nitrogens with two attached hydrogens (primary N) is 1. The van der Waals surface area contributed by atoms with Crippen molar-refractivity contribution in [3.8, 4) is 0 Å². The fourth-order valence-electron chi connectivity index (χ4n) is 1.96. The molecule has 0 atom stereocenters. The van der Waals surface area contributed by atoms with Gasteiger partial charge in [-0.25, -0.2) is 8.78 Å². The van der Waals surface area contributed by atoms with Crippen LogP contribution in [0.1, 0.15) is 39.5 Å². The largest absolute Gasteiger partial charge is 0.350 e. The van der Waals surface area contributed by atoms with Gasteiger partial charge in [-0.15, -0.1) is 0 Å². The Morgan fingerprint density at radius 1 is 1.31 bits per heavy atom. The number of hydrogen-bond acceptors (Lipinski definition) is 2. The van der Waals surface area contributed by atoms with Crippen LogP contribution in [0.3, 0.4) is 0 Å². The van der Waals surface area contributed by atoms with E-state index in [0.29, 0.717) is 12.8 Å². The van der Waals surface area contributed by atoms with Gasteiger partial charge < -0.3 is 11.1 Å². The molecule has 3 nitrogen and oxygen atoms in total. The second-order valence-electron chi connectivity index (χ2n) is 4.09. The molecule has 3 N–H and O–H groups in total. The normalized spacial score (nSPS) is 11.9. The summed E-state index contributed by atoms with van der Waals surface area (Å²) in [5.74, 6) is -0.334. The van der Waals surface area contributed by atoms with E-state index >= 15 is 0 Å². The topological polar surface area (TPSA) is 55.1 Å². The minimum absolute atomic E-state index is 0.212. The van der Waals surface area contributed by atoms with Gasteiger partial charge >= 0.3 is 0 Å². The Morgan fingerprint density at radius 2 is 1.81 bits per heavy atom. The zero-order chi connectivity index (χ0) is 12.6. The number of rotatable bonds is 8. The van der Waals surface area contributed by atoms with E-state index in [1.54, 1.807) is 0 Å². The molecule has 0 aliphatic carbocycles. The molecule has 0 saturated carbocycles. The van der Waals surface area contributed by atoms with Crippen LogP contribution < -0.4 is 11.1 Å². The molecule has 0 radical (unpaired) electrons. The van der Waals surface area contributed by atoms with Crippen LogP contribution in [0.25, 0.3) is 0 Å². The van der Waals surface area contributed by atoms with Crippen molar-refractivity contribution in [2.75, 3.05) is 13.1 Å². The first-order valence-corrected chi connectivity index (χ1v) is 5.79. The molecule has 0 unspecified atom stereocenters. The molecule has 96 valence electrons. The molecule has 0 aliphatic heterocycles. The molecule has 1 amide bonds. The zero-order valence-corrected chi connectivity index (χ0v) is 10.1. The Bertz CT molecular complexity index is 204. The van der Waals surface area contributed by atoms with E-state index < -0.39 is 18.4 Å². The Hall–Kier alpha value is -0.710. The molecule has 0 heterocycles. The lowest BCUT2D eigenvalue weighted by molar-refractivity contribution is -0.132. The summed E-state index contributed by atoms with van der Waals surface area (Å²) < 4.78 is 24.0. The van der Waals surface area contributed by atoms with Crippen molar-refractivity contribution in [1.82, 2.24) is 5.32 Å². The molecule has 0 aliphatic rings. The van der Waals surface area contributed by atoms with Gasteiger partial charge in [0.1, 0.15) is 0 Å². The van der Waals surface area contributed by atoms with Gasteiger partial charge in [-0.1, -0.05) is 26.7 Å². The van der Waals surface area contributed by atoms with Crippen molar-refractivity contribution >= 4 is 5.91 Å². The maximum absolute atomic E-state index is 12.0. The summed E-state index contributed by atoms with van der Waals surface area (Å²) in [6.07, 6.45) is 0.417. The maximum Gasteiger partial charge on any atom is 0.255 e. The minimum atomic E-state index is -2.51. The second-order valence-corrected chi connectivity index (χ2v) is 4.09. The van der Waals surface area contributed by atoms with Crippen molar-refractivity contribution in [2.24, 2.45) is 11.1 Å². The molecule has 5 heteroatoms. The average Bonchev–Trinajstić information content (AvgIpc) is 2.25. The van der Waals surface area contributed by atoms with Crippen LogP contribution in [0.2, 0.25) is 0 Å². The van der Waals surface area contributed by atoms with E-state index in [2.05, 4.69) is 5.32 Å². The molecule has 0 rings (SSSR count). The first-order valence-electron chi connectivity index (χ1n) is 5.79. The lowest BCUT2D eigenvalue weighted by Gasteiger charge is -2.30. The SMILES string of the molecule is CCCC(CN)(CCC)C(=O)NCC(F)F. The molecular weight excluding hydrogens is 214 g/mol. The van der Waals surface area contributed by atoms with Gasteiger partial charge in [-0.3, -0.25) is 4.79 Å². The summed E-state index contributed by atoms with van der Waals surface area (Å²) >= 11 is 0. The third-order valence-corrected chi connectivity index (χ3v) is 2.75. The van der Waals surface area contributed by atoms with Crippen LogP contribution in [0.4, 0.5) is 8.78 Å². The first-order chi connectivity index (χ1) is 7.52. The lowest BCUT2D eigenvalue weighted by atomic mass is 9.78. The Kier molecular flexibility index (Phi) is 7.21. The van der Waals surface area contributed by atoms with Crippen molar-refractivity contribution in [2.45, 2.75) is 46.0 Å². The summed E-state index contributed by atoms with van der Waals surface area (Å²) in [4.78, 5) is 11.9. The van der Waals surface area contributed by atoms with E-state index in [1.807, 2.05) is 13.8 Å². The van der Waals surface area contributed by atoms with Gasteiger partial charge in [-0.05, 0) is 12.8 Å². The summed E-state index contributed by atoms with van der Waals surface area (Å²) in [5.41, 5.74) is 4.97. The van der Waals surface area contributed by atoms with Crippen LogP contribution in [-0.4, -0.2) is 25.4 Å². The monoisotopic (exact) mass is 236 g/mol. The second kappa shape index (κ2) is 7.54. The van der Waals surface area contributed by atoms with Crippen LogP contribution in [0.5, 0.6) is 0 Å².